The Labute approximate surface area is 92.3 Å². The highest BCUT2D eigenvalue weighted by Gasteiger charge is 2.25. The predicted octanol–water partition coefficient (Wildman–Crippen LogP) is 0.806. The molecule has 90 valence electrons. The molecule has 1 N–H and O–H groups in total. The fourth-order valence-corrected chi connectivity index (χ4v) is 1.81. The van der Waals surface area contributed by atoms with E-state index in [9.17, 15) is 0 Å². The highest BCUT2D eigenvalue weighted by Crippen LogP contribution is 2.11. The molecule has 1 aliphatic rings. The summed E-state index contributed by atoms with van der Waals surface area (Å²) < 4.78 is 16.2. The minimum atomic E-state index is 0.204. The molecule has 1 heterocycles. The van der Waals surface area contributed by atoms with Gasteiger partial charge in [-0.2, -0.15) is 0 Å². The van der Waals surface area contributed by atoms with E-state index in [1.165, 1.54) is 0 Å². The third-order valence-corrected chi connectivity index (χ3v) is 2.60. The Morgan fingerprint density at radius 2 is 2.27 bits per heavy atom. The SMILES string of the molecule is CCNC1CCOCC1OCCCOC. The molecule has 4 heteroatoms. The van der Waals surface area contributed by atoms with Gasteiger partial charge in [0.2, 0.25) is 0 Å². The maximum atomic E-state index is 5.78. The van der Waals surface area contributed by atoms with E-state index >= 15 is 0 Å². The summed E-state index contributed by atoms with van der Waals surface area (Å²) in [4.78, 5) is 0. The zero-order valence-corrected chi connectivity index (χ0v) is 9.83. The lowest BCUT2D eigenvalue weighted by Crippen LogP contribution is -2.47. The number of rotatable bonds is 7. The molecule has 0 aromatic rings. The van der Waals surface area contributed by atoms with Crippen molar-refractivity contribution in [3.05, 3.63) is 0 Å². The summed E-state index contributed by atoms with van der Waals surface area (Å²) in [5.74, 6) is 0. The number of hydrogen-bond acceptors (Lipinski definition) is 4. The average Bonchev–Trinajstić information content (AvgIpc) is 2.27. The van der Waals surface area contributed by atoms with Gasteiger partial charge in [-0.15, -0.1) is 0 Å². The van der Waals surface area contributed by atoms with Gasteiger partial charge < -0.3 is 19.5 Å². The largest absolute Gasteiger partial charge is 0.385 e. The van der Waals surface area contributed by atoms with Gasteiger partial charge in [0.1, 0.15) is 0 Å². The van der Waals surface area contributed by atoms with Crippen LogP contribution >= 0.6 is 0 Å². The third kappa shape index (κ3) is 4.93. The van der Waals surface area contributed by atoms with Crippen molar-refractivity contribution in [2.24, 2.45) is 0 Å². The van der Waals surface area contributed by atoms with Gasteiger partial charge in [0.05, 0.1) is 12.7 Å². The first-order valence-corrected chi connectivity index (χ1v) is 5.80. The van der Waals surface area contributed by atoms with Gasteiger partial charge in [0.15, 0.2) is 0 Å². The topological polar surface area (TPSA) is 39.7 Å². The van der Waals surface area contributed by atoms with Crippen molar-refractivity contribution >= 4 is 0 Å². The summed E-state index contributed by atoms with van der Waals surface area (Å²) in [6.45, 7) is 6.18. The Balaban J connectivity index is 2.17. The van der Waals surface area contributed by atoms with E-state index in [0.717, 1.165) is 39.2 Å². The van der Waals surface area contributed by atoms with E-state index in [1.54, 1.807) is 7.11 Å². The zero-order valence-electron chi connectivity index (χ0n) is 9.83. The van der Waals surface area contributed by atoms with Crippen LogP contribution in [0.5, 0.6) is 0 Å². The third-order valence-electron chi connectivity index (χ3n) is 2.60. The average molecular weight is 217 g/mol. The molecule has 2 atom stereocenters. The van der Waals surface area contributed by atoms with Crippen LogP contribution in [0.15, 0.2) is 0 Å². The van der Waals surface area contributed by atoms with Crippen LogP contribution in [0.2, 0.25) is 0 Å². The monoisotopic (exact) mass is 217 g/mol. The van der Waals surface area contributed by atoms with Crippen LogP contribution in [0.25, 0.3) is 0 Å². The Bertz CT molecular complexity index is 153. The van der Waals surface area contributed by atoms with E-state index in [0.29, 0.717) is 12.6 Å². The first-order valence-electron chi connectivity index (χ1n) is 5.80. The van der Waals surface area contributed by atoms with E-state index < -0.39 is 0 Å². The fraction of sp³-hybridized carbons (Fsp3) is 1.00. The molecule has 0 saturated carbocycles. The fourth-order valence-electron chi connectivity index (χ4n) is 1.81. The lowest BCUT2D eigenvalue weighted by molar-refractivity contribution is -0.0713. The molecule has 1 rings (SSSR count). The minimum absolute atomic E-state index is 0.204. The summed E-state index contributed by atoms with van der Waals surface area (Å²) in [6.07, 6.45) is 2.20. The van der Waals surface area contributed by atoms with Crippen molar-refractivity contribution in [1.29, 1.82) is 0 Å². The standard InChI is InChI=1S/C11H23NO3/c1-3-12-10-5-8-14-9-11(10)15-7-4-6-13-2/h10-12H,3-9H2,1-2H3. The highest BCUT2D eigenvalue weighted by molar-refractivity contribution is 4.79. The Morgan fingerprint density at radius 3 is 3.00 bits per heavy atom. The quantitative estimate of drug-likeness (QED) is 0.641. The second kappa shape index (κ2) is 8.05. The molecule has 2 unspecified atom stereocenters. The summed E-state index contributed by atoms with van der Waals surface area (Å²) in [5.41, 5.74) is 0. The second-order valence-electron chi connectivity index (χ2n) is 3.78. The molecule has 0 radical (unpaired) electrons. The molecule has 15 heavy (non-hydrogen) atoms. The number of methoxy groups -OCH3 is 1. The summed E-state index contributed by atoms with van der Waals surface area (Å²) in [7, 11) is 1.71. The molecule has 1 saturated heterocycles. The van der Waals surface area contributed by atoms with Crippen LogP contribution in [-0.4, -0.2) is 52.2 Å². The van der Waals surface area contributed by atoms with Gasteiger partial charge in [-0.25, -0.2) is 0 Å². The first-order chi connectivity index (χ1) is 7.38. The van der Waals surface area contributed by atoms with Crippen LogP contribution in [0.1, 0.15) is 19.8 Å². The second-order valence-corrected chi connectivity index (χ2v) is 3.78. The summed E-state index contributed by atoms with van der Waals surface area (Å²) in [6, 6.07) is 0.450. The van der Waals surface area contributed by atoms with E-state index in [4.69, 9.17) is 14.2 Å². The summed E-state index contributed by atoms with van der Waals surface area (Å²) in [5, 5.41) is 3.44. The van der Waals surface area contributed by atoms with E-state index in [2.05, 4.69) is 12.2 Å². The molecule has 0 aromatic heterocycles. The molecule has 4 nitrogen and oxygen atoms in total. The van der Waals surface area contributed by atoms with Crippen molar-refractivity contribution in [3.63, 3.8) is 0 Å². The Morgan fingerprint density at radius 1 is 1.40 bits per heavy atom. The molecule has 0 bridgehead atoms. The zero-order chi connectivity index (χ0) is 10.9. The molecule has 0 amide bonds. The highest BCUT2D eigenvalue weighted by atomic mass is 16.5. The molecular formula is C11H23NO3. The molecule has 0 spiro atoms. The van der Waals surface area contributed by atoms with Crippen molar-refractivity contribution in [1.82, 2.24) is 5.32 Å². The molecular weight excluding hydrogens is 194 g/mol. The maximum absolute atomic E-state index is 5.78. The number of hydrogen-bond donors (Lipinski definition) is 1. The lowest BCUT2D eigenvalue weighted by Gasteiger charge is -2.32. The predicted molar refractivity (Wildman–Crippen MR) is 59.1 cm³/mol. The number of likely N-dealkylation sites (N-methyl/N-ethyl adjacent to an activating group) is 1. The normalized spacial score (nSPS) is 26.8. The van der Waals surface area contributed by atoms with Crippen molar-refractivity contribution in [2.75, 3.05) is 40.1 Å². The van der Waals surface area contributed by atoms with Gasteiger partial charge >= 0.3 is 0 Å². The van der Waals surface area contributed by atoms with Gasteiger partial charge in [-0.05, 0) is 19.4 Å². The van der Waals surface area contributed by atoms with Gasteiger partial charge in [-0.3, -0.25) is 0 Å². The van der Waals surface area contributed by atoms with Gasteiger partial charge in [0.25, 0.3) is 0 Å². The van der Waals surface area contributed by atoms with Crippen LogP contribution in [0.3, 0.4) is 0 Å². The van der Waals surface area contributed by atoms with E-state index in [1.807, 2.05) is 0 Å². The Hall–Kier alpha value is -0.160. The van der Waals surface area contributed by atoms with Crippen LogP contribution < -0.4 is 5.32 Å². The molecule has 1 fully saturated rings. The van der Waals surface area contributed by atoms with E-state index in [-0.39, 0.29) is 6.10 Å². The van der Waals surface area contributed by atoms with Gasteiger partial charge in [0, 0.05) is 33.0 Å². The summed E-state index contributed by atoms with van der Waals surface area (Å²) >= 11 is 0. The molecule has 0 aliphatic carbocycles. The molecule has 0 aromatic carbocycles. The first kappa shape index (κ1) is 12.9. The van der Waals surface area contributed by atoms with Crippen molar-refractivity contribution in [2.45, 2.75) is 31.9 Å². The van der Waals surface area contributed by atoms with Crippen molar-refractivity contribution in [3.8, 4) is 0 Å². The van der Waals surface area contributed by atoms with Crippen LogP contribution in [0, 0.1) is 0 Å². The van der Waals surface area contributed by atoms with Gasteiger partial charge in [-0.1, -0.05) is 6.92 Å². The smallest absolute Gasteiger partial charge is 0.0961 e. The lowest BCUT2D eigenvalue weighted by atomic mass is 10.1. The van der Waals surface area contributed by atoms with Crippen molar-refractivity contribution < 1.29 is 14.2 Å². The number of nitrogens with one attached hydrogen (secondary N) is 1. The molecule has 1 aliphatic heterocycles. The minimum Gasteiger partial charge on any atom is -0.385 e. The van der Waals surface area contributed by atoms with Crippen LogP contribution in [0.4, 0.5) is 0 Å². The Kier molecular flexibility index (Phi) is 6.92. The maximum Gasteiger partial charge on any atom is 0.0961 e. The van der Waals surface area contributed by atoms with Crippen LogP contribution in [-0.2, 0) is 14.2 Å². The number of ether oxygens (including phenoxy) is 3.